The molecule has 0 spiro atoms. The second-order valence-corrected chi connectivity index (χ2v) is 5.75. The summed E-state index contributed by atoms with van der Waals surface area (Å²) in [6, 6.07) is 12.7. The zero-order chi connectivity index (χ0) is 18.7. The van der Waals surface area contributed by atoms with E-state index in [1.807, 2.05) is 0 Å². The summed E-state index contributed by atoms with van der Waals surface area (Å²) in [6.45, 7) is 1.30. The molecule has 0 bridgehead atoms. The van der Waals surface area contributed by atoms with Crippen LogP contribution < -0.4 is 15.0 Å². The molecule has 3 amide bonds. The smallest absolute Gasteiger partial charge is 0.308 e. The van der Waals surface area contributed by atoms with E-state index < -0.39 is 5.97 Å². The predicted octanol–water partition coefficient (Wildman–Crippen LogP) is 2.52. The lowest BCUT2D eigenvalue weighted by Gasteiger charge is -2.15. The number of amides is 3. The highest BCUT2D eigenvalue weighted by Gasteiger charge is 2.30. The molecule has 26 heavy (non-hydrogen) atoms. The van der Waals surface area contributed by atoms with Crippen LogP contribution in [-0.2, 0) is 14.4 Å². The van der Waals surface area contributed by atoms with Crippen LogP contribution in [0.3, 0.4) is 0 Å². The summed E-state index contributed by atoms with van der Waals surface area (Å²) < 4.78 is 4.93. The Labute approximate surface area is 149 Å². The normalized spacial score (nSPS) is 13.7. The van der Waals surface area contributed by atoms with Crippen molar-refractivity contribution in [1.82, 2.24) is 0 Å². The molecular weight excluding hydrogens is 336 g/mol. The maximum Gasteiger partial charge on any atom is 0.308 e. The van der Waals surface area contributed by atoms with Gasteiger partial charge >= 0.3 is 5.97 Å². The molecule has 0 radical (unpaired) electrons. The van der Waals surface area contributed by atoms with Crippen LogP contribution in [0.15, 0.2) is 48.5 Å². The zero-order valence-electron chi connectivity index (χ0n) is 14.0. The van der Waals surface area contributed by atoms with Gasteiger partial charge in [0.15, 0.2) is 0 Å². The second kappa shape index (κ2) is 7.18. The van der Waals surface area contributed by atoms with Gasteiger partial charge in [-0.25, -0.2) is 0 Å². The molecule has 2 aromatic carbocycles. The van der Waals surface area contributed by atoms with Gasteiger partial charge in [-0.1, -0.05) is 6.07 Å². The molecule has 1 fully saturated rings. The maximum atomic E-state index is 12.4. The first-order chi connectivity index (χ1) is 12.4. The van der Waals surface area contributed by atoms with Crippen LogP contribution in [0.4, 0.5) is 11.4 Å². The third-order valence-corrected chi connectivity index (χ3v) is 3.79. The van der Waals surface area contributed by atoms with Gasteiger partial charge in [-0.3, -0.25) is 24.1 Å². The number of ether oxygens (including phenoxy) is 1. The largest absolute Gasteiger partial charge is 0.427 e. The van der Waals surface area contributed by atoms with Gasteiger partial charge in [0.1, 0.15) is 5.75 Å². The Morgan fingerprint density at radius 3 is 2.27 bits per heavy atom. The average Bonchev–Trinajstić information content (AvgIpc) is 2.95. The molecule has 0 aromatic heterocycles. The highest BCUT2D eigenvalue weighted by Crippen LogP contribution is 2.24. The SMILES string of the molecule is CC(=O)Oc1ccc(NC(=O)c2cccc(N3C(=O)CCC3=O)c2)cc1. The minimum Gasteiger partial charge on any atom is -0.427 e. The molecular formula is C19H16N2O5. The Bertz CT molecular complexity index is 873. The van der Waals surface area contributed by atoms with Crippen LogP contribution in [0.5, 0.6) is 5.75 Å². The van der Waals surface area contributed by atoms with Gasteiger partial charge in [-0.2, -0.15) is 0 Å². The lowest BCUT2D eigenvalue weighted by molar-refractivity contribution is -0.132. The fourth-order valence-corrected chi connectivity index (χ4v) is 2.63. The molecule has 0 unspecified atom stereocenters. The molecule has 2 aromatic rings. The molecule has 1 aliphatic rings. The van der Waals surface area contributed by atoms with Crippen molar-refractivity contribution in [3.05, 3.63) is 54.1 Å². The van der Waals surface area contributed by atoms with Crippen molar-refractivity contribution in [3.63, 3.8) is 0 Å². The molecule has 0 saturated carbocycles. The van der Waals surface area contributed by atoms with Crippen molar-refractivity contribution < 1.29 is 23.9 Å². The fourth-order valence-electron chi connectivity index (χ4n) is 2.63. The van der Waals surface area contributed by atoms with E-state index in [0.717, 1.165) is 4.90 Å². The number of anilines is 2. The lowest BCUT2D eigenvalue weighted by Crippen LogP contribution is -2.28. The minimum atomic E-state index is -0.426. The third-order valence-electron chi connectivity index (χ3n) is 3.79. The number of imide groups is 1. The van der Waals surface area contributed by atoms with E-state index in [1.165, 1.54) is 13.0 Å². The van der Waals surface area contributed by atoms with Gasteiger partial charge < -0.3 is 10.1 Å². The molecule has 0 aliphatic carbocycles. The quantitative estimate of drug-likeness (QED) is 0.518. The summed E-state index contributed by atoms with van der Waals surface area (Å²) in [7, 11) is 0. The van der Waals surface area contributed by atoms with E-state index in [9.17, 15) is 19.2 Å². The van der Waals surface area contributed by atoms with E-state index in [0.29, 0.717) is 22.7 Å². The Kier molecular flexibility index (Phi) is 4.79. The number of carbonyl (C=O) groups is 4. The topological polar surface area (TPSA) is 92.8 Å². The summed E-state index contributed by atoms with van der Waals surface area (Å²) in [4.78, 5) is 48.1. The van der Waals surface area contributed by atoms with Crippen molar-refractivity contribution in [1.29, 1.82) is 0 Å². The highest BCUT2D eigenvalue weighted by molar-refractivity contribution is 6.20. The number of nitrogens with zero attached hydrogens (tertiary/aromatic N) is 1. The van der Waals surface area contributed by atoms with Crippen molar-refractivity contribution in [3.8, 4) is 5.75 Å². The standard InChI is InChI=1S/C19H16N2O5/c1-12(22)26-16-7-5-14(6-8-16)20-19(25)13-3-2-4-15(11-13)21-17(23)9-10-18(21)24/h2-8,11H,9-10H2,1H3,(H,20,25). The van der Waals surface area contributed by atoms with Gasteiger partial charge in [0.25, 0.3) is 5.91 Å². The van der Waals surface area contributed by atoms with Gasteiger partial charge in [0.2, 0.25) is 11.8 Å². The van der Waals surface area contributed by atoms with E-state index in [1.54, 1.807) is 42.5 Å². The summed E-state index contributed by atoms with van der Waals surface area (Å²) in [5.41, 5.74) is 1.22. The van der Waals surface area contributed by atoms with Crippen molar-refractivity contribution >= 4 is 35.1 Å². The van der Waals surface area contributed by atoms with Gasteiger partial charge in [-0.05, 0) is 42.5 Å². The van der Waals surface area contributed by atoms with Crippen LogP contribution in [0.2, 0.25) is 0 Å². The van der Waals surface area contributed by atoms with Crippen LogP contribution in [0.1, 0.15) is 30.1 Å². The van der Waals surface area contributed by atoms with E-state index in [-0.39, 0.29) is 30.6 Å². The molecule has 1 aliphatic heterocycles. The molecule has 3 rings (SSSR count). The Morgan fingerprint density at radius 1 is 1.00 bits per heavy atom. The number of nitrogens with one attached hydrogen (secondary N) is 1. The molecule has 0 atom stereocenters. The molecule has 1 heterocycles. The number of benzene rings is 2. The van der Waals surface area contributed by atoms with Gasteiger partial charge in [-0.15, -0.1) is 0 Å². The highest BCUT2D eigenvalue weighted by atomic mass is 16.5. The van der Waals surface area contributed by atoms with Crippen LogP contribution in [0, 0.1) is 0 Å². The van der Waals surface area contributed by atoms with E-state index >= 15 is 0 Å². The molecule has 7 heteroatoms. The Balaban J connectivity index is 1.74. The lowest BCUT2D eigenvalue weighted by atomic mass is 10.1. The molecule has 132 valence electrons. The van der Waals surface area contributed by atoms with Crippen molar-refractivity contribution in [2.75, 3.05) is 10.2 Å². The van der Waals surface area contributed by atoms with Crippen LogP contribution >= 0.6 is 0 Å². The molecule has 7 nitrogen and oxygen atoms in total. The first-order valence-corrected chi connectivity index (χ1v) is 8.00. The number of hydrogen-bond donors (Lipinski definition) is 1. The molecule has 1 saturated heterocycles. The van der Waals surface area contributed by atoms with E-state index in [2.05, 4.69) is 5.32 Å². The zero-order valence-corrected chi connectivity index (χ0v) is 14.0. The monoisotopic (exact) mass is 352 g/mol. The van der Waals surface area contributed by atoms with E-state index in [4.69, 9.17) is 4.74 Å². The molecule has 1 N–H and O–H groups in total. The summed E-state index contributed by atoms with van der Waals surface area (Å²) >= 11 is 0. The maximum absolute atomic E-state index is 12.4. The first-order valence-electron chi connectivity index (χ1n) is 8.00. The number of carbonyl (C=O) groups excluding carboxylic acids is 4. The number of rotatable bonds is 4. The fraction of sp³-hybridized carbons (Fsp3) is 0.158. The third kappa shape index (κ3) is 3.77. The van der Waals surface area contributed by atoms with Crippen molar-refractivity contribution in [2.45, 2.75) is 19.8 Å². The Hall–Kier alpha value is -3.48. The first kappa shape index (κ1) is 17.3. The van der Waals surface area contributed by atoms with Gasteiger partial charge in [0.05, 0.1) is 5.69 Å². The summed E-state index contributed by atoms with van der Waals surface area (Å²) in [5.74, 6) is -0.971. The Morgan fingerprint density at radius 2 is 1.65 bits per heavy atom. The van der Waals surface area contributed by atoms with Crippen LogP contribution in [-0.4, -0.2) is 23.7 Å². The number of esters is 1. The second-order valence-electron chi connectivity index (χ2n) is 5.75. The van der Waals surface area contributed by atoms with Crippen molar-refractivity contribution in [2.24, 2.45) is 0 Å². The summed E-state index contributed by atoms with van der Waals surface area (Å²) in [5, 5.41) is 2.71. The number of hydrogen-bond acceptors (Lipinski definition) is 5. The predicted molar refractivity (Wildman–Crippen MR) is 93.9 cm³/mol. The van der Waals surface area contributed by atoms with Crippen LogP contribution in [0.25, 0.3) is 0 Å². The summed E-state index contributed by atoms with van der Waals surface area (Å²) in [6.07, 6.45) is 0.369. The minimum absolute atomic E-state index is 0.184. The van der Waals surface area contributed by atoms with Gasteiger partial charge in [0, 0.05) is 31.0 Å². The average molecular weight is 352 g/mol.